The first-order valence-corrected chi connectivity index (χ1v) is 4.09. The van der Waals surface area contributed by atoms with E-state index in [-0.39, 0.29) is 43.1 Å². The first-order chi connectivity index (χ1) is 6.13. The zero-order chi connectivity index (χ0) is 9.84. The Hall–Kier alpha value is -0.458. The van der Waals surface area contributed by atoms with Crippen molar-refractivity contribution in [3.05, 3.63) is 31.5 Å². The Labute approximate surface area is 108 Å². The van der Waals surface area contributed by atoms with E-state index in [1.165, 1.54) is 0 Å². The molecular weight excluding hydrogens is 402 g/mol. The quantitative estimate of drug-likeness (QED) is 0.687. The van der Waals surface area contributed by atoms with Crippen LogP contribution in [0.3, 0.4) is 0 Å². The summed E-state index contributed by atoms with van der Waals surface area (Å²) in [6.07, 6.45) is 3.22. The molecule has 0 aliphatic carbocycles. The van der Waals surface area contributed by atoms with Gasteiger partial charge in [0.2, 0.25) is 0 Å². The molecule has 0 fully saturated rings. The van der Waals surface area contributed by atoms with Crippen molar-refractivity contribution in [2.24, 2.45) is 0 Å². The van der Waals surface area contributed by atoms with Crippen LogP contribution in [0.15, 0.2) is 18.5 Å². The number of nitrogens with zero attached hydrogens (tertiary/aromatic N) is 2. The van der Waals surface area contributed by atoms with E-state index in [4.69, 9.17) is 0 Å². The van der Waals surface area contributed by atoms with Crippen molar-refractivity contribution in [3.8, 4) is 0 Å². The third-order valence-corrected chi connectivity index (χ3v) is 1.63. The standard InChI is InChI=1S/C10H12N2O.U/c1-8(2)12(9(3)13)10-5-4-6-11-7-10;/h4,6-8H,3H2,1-2H3;/q-2;+2. The molecule has 3 nitrogen and oxygen atoms in total. The van der Waals surface area contributed by atoms with Crippen molar-refractivity contribution in [1.82, 2.24) is 4.98 Å². The van der Waals surface area contributed by atoms with Crippen molar-refractivity contribution in [1.29, 1.82) is 0 Å². The molecule has 1 heterocycles. The van der Waals surface area contributed by atoms with Gasteiger partial charge in [-0.05, 0) is 13.8 Å². The van der Waals surface area contributed by atoms with E-state index >= 15 is 0 Å². The molecule has 0 N–H and O–H groups in total. The molecule has 0 saturated carbocycles. The van der Waals surface area contributed by atoms with Crippen LogP contribution in [-0.4, -0.2) is 16.9 Å². The van der Waals surface area contributed by atoms with Crippen molar-refractivity contribution >= 4 is 11.6 Å². The second-order valence-electron chi connectivity index (χ2n) is 2.98. The van der Waals surface area contributed by atoms with Crippen molar-refractivity contribution < 1.29 is 35.9 Å². The van der Waals surface area contributed by atoms with Crippen LogP contribution in [0.4, 0.5) is 5.69 Å². The van der Waals surface area contributed by atoms with Gasteiger partial charge in [-0.1, -0.05) is 18.1 Å². The molecule has 0 aromatic carbocycles. The van der Waals surface area contributed by atoms with Crippen molar-refractivity contribution in [3.63, 3.8) is 0 Å². The van der Waals surface area contributed by atoms with Crippen molar-refractivity contribution in [2.75, 3.05) is 4.90 Å². The molecule has 0 saturated heterocycles. The van der Waals surface area contributed by atoms with E-state index in [1.54, 1.807) is 23.4 Å². The summed E-state index contributed by atoms with van der Waals surface area (Å²) in [4.78, 5) is 16.6. The molecule has 0 atom stereocenters. The van der Waals surface area contributed by atoms with E-state index < -0.39 is 0 Å². The van der Waals surface area contributed by atoms with Gasteiger partial charge in [0.05, 0.1) is 5.91 Å². The Morgan fingerprint density at radius 3 is 2.64 bits per heavy atom. The maximum atomic E-state index is 11.2. The van der Waals surface area contributed by atoms with Gasteiger partial charge in [-0.15, -0.1) is 0 Å². The number of pyridine rings is 1. The number of hydrogen-bond acceptors (Lipinski definition) is 2. The Balaban J connectivity index is 0.00000169. The molecular formula is C10H12N2OU. The summed E-state index contributed by atoms with van der Waals surface area (Å²) in [6, 6.07) is 4.68. The van der Waals surface area contributed by atoms with E-state index in [2.05, 4.69) is 18.0 Å². The maximum Gasteiger partial charge on any atom is 2.00 e. The first-order valence-electron chi connectivity index (χ1n) is 4.09. The predicted octanol–water partition coefficient (Wildman–Crippen LogP) is 1.46. The van der Waals surface area contributed by atoms with Crippen LogP contribution in [0.1, 0.15) is 13.8 Å². The normalized spacial score (nSPS) is 9.36. The molecule has 0 radical (unpaired) electrons. The number of hydrogen-bond donors (Lipinski definition) is 0. The van der Waals surface area contributed by atoms with Crippen LogP contribution in [0.2, 0.25) is 0 Å². The summed E-state index contributed by atoms with van der Waals surface area (Å²) in [5.41, 5.74) is 0.664. The molecule has 1 aromatic heterocycles. The minimum absolute atomic E-state index is 0. The van der Waals surface area contributed by atoms with Crippen LogP contribution in [0, 0.1) is 44.1 Å². The van der Waals surface area contributed by atoms with Crippen LogP contribution < -0.4 is 4.90 Å². The minimum Gasteiger partial charge on any atom is -0.389 e. The van der Waals surface area contributed by atoms with E-state index in [0.717, 1.165) is 0 Å². The summed E-state index contributed by atoms with van der Waals surface area (Å²) < 4.78 is 0. The molecule has 0 spiro atoms. The average molecular weight is 414 g/mol. The average Bonchev–Trinajstić information content (AvgIpc) is 2.04. The third-order valence-electron chi connectivity index (χ3n) is 1.63. The molecule has 1 amide bonds. The fourth-order valence-corrected chi connectivity index (χ4v) is 1.15. The van der Waals surface area contributed by atoms with Gasteiger partial charge in [0, 0.05) is 6.04 Å². The zero-order valence-corrected chi connectivity index (χ0v) is 12.5. The number of amides is 1. The zero-order valence-electron chi connectivity index (χ0n) is 8.32. The molecule has 4 heteroatoms. The summed E-state index contributed by atoms with van der Waals surface area (Å²) >= 11 is 0. The molecule has 1 rings (SSSR count). The summed E-state index contributed by atoms with van der Waals surface area (Å²) in [7, 11) is 0. The SMILES string of the molecule is [CH2-]C(=O)N(c1[c-]ccnc1)C(C)C.[U+2]. The van der Waals surface area contributed by atoms with Gasteiger partial charge in [0.1, 0.15) is 0 Å². The molecule has 1 aromatic rings. The van der Waals surface area contributed by atoms with Crippen molar-refractivity contribution in [2.45, 2.75) is 19.9 Å². The Morgan fingerprint density at radius 2 is 2.29 bits per heavy atom. The molecule has 14 heavy (non-hydrogen) atoms. The van der Waals surface area contributed by atoms with E-state index in [9.17, 15) is 4.79 Å². The minimum atomic E-state index is -0.237. The number of carbonyl (C=O) groups excluding carboxylic acids is 1. The first kappa shape index (κ1) is 13.5. The maximum absolute atomic E-state index is 11.2. The van der Waals surface area contributed by atoms with Gasteiger partial charge in [-0.25, -0.2) is 0 Å². The smallest absolute Gasteiger partial charge is 0.389 e. The van der Waals surface area contributed by atoms with E-state index in [0.29, 0.717) is 5.69 Å². The van der Waals surface area contributed by atoms with E-state index in [1.807, 2.05) is 13.8 Å². The molecule has 0 unspecified atom stereocenters. The second-order valence-corrected chi connectivity index (χ2v) is 2.98. The number of aromatic nitrogens is 1. The Kier molecular flexibility index (Phi) is 5.91. The van der Waals surface area contributed by atoms with Gasteiger partial charge in [-0.2, -0.15) is 12.1 Å². The number of anilines is 1. The molecule has 0 bridgehead atoms. The largest absolute Gasteiger partial charge is 2.00 e. The van der Waals surface area contributed by atoms with Gasteiger partial charge in [0.15, 0.2) is 0 Å². The van der Waals surface area contributed by atoms with Crippen LogP contribution in [0.5, 0.6) is 0 Å². The van der Waals surface area contributed by atoms with Crippen LogP contribution in [-0.2, 0) is 4.79 Å². The predicted molar refractivity (Wildman–Crippen MR) is 51.1 cm³/mol. The topological polar surface area (TPSA) is 33.2 Å². The Morgan fingerprint density at radius 1 is 1.64 bits per heavy atom. The fraction of sp³-hybridized carbons (Fsp3) is 0.300. The molecule has 0 aliphatic heterocycles. The third kappa shape index (κ3) is 3.36. The monoisotopic (exact) mass is 414 g/mol. The van der Waals surface area contributed by atoms with Gasteiger partial charge in [0.25, 0.3) is 0 Å². The number of rotatable bonds is 2. The summed E-state index contributed by atoms with van der Waals surface area (Å²) in [5.74, 6) is -0.237. The van der Waals surface area contributed by atoms with Crippen LogP contribution >= 0.6 is 0 Å². The fourth-order valence-electron chi connectivity index (χ4n) is 1.15. The molecule has 0 aliphatic rings. The summed E-state index contributed by atoms with van der Waals surface area (Å²) in [5, 5.41) is 0. The van der Waals surface area contributed by atoms with Crippen LogP contribution in [0.25, 0.3) is 0 Å². The molecule has 72 valence electrons. The van der Waals surface area contributed by atoms with Gasteiger partial charge in [-0.3, -0.25) is 0 Å². The Bertz CT molecular complexity index is 287. The van der Waals surface area contributed by atoms with Gasteiger partial charge < -0.3 is 21.6 Å². The summed E-state index contributed by atoms with van der Waals surface area (Å²) in [6.45, 7) is 7.22. The van der Waals surface area contributed by atoms with Gasteiger partial charge >= 0.3 is 31.1 Å². The number of carbonyl (C=O) groups is 1. The second kappa shape index (κ2) is 6.11.